The van der Waals surface area contributed by atoms with Gasteiger partial charge in [0, 0.05) is 7.05 Å². The van der Waals surface area contributed by atoms with Crippen LogP contribution in [0, 0.1) is 0 Å². The number of nitrogens with zero attached hydrogens (tertiary/aromatic N) is 2. The number of benzene rings is 1. The number of carbonyl (C=O) groups excluding carboxylic acids is 1. The molecule has 0 spiro atoms. The van der Waals surface area contributed by atoms with E-state index in [1.165, 1.54) is 0 Å². The molecule has 0 saturated heterocycles. The first-order valence-electron chi connectivity index (χ1n) is 5.43. The van der Waals surface area contributed by atoms with Crippen LogP contribution in [0.2, 0.25) is 0 Å². The zero-order valence-corrected chi connectivity index (χ0v) is 10.7. The van der Waals surface area contributed by atoms with Gasteiger partial charge in [0.2, 0.25) is 0 Å². The standard InChI is InChI=1S/C12H14N2O2S/c1-3-16-11(15)8-13-12-14(2)9-6-4-5-7-10(9)17-12/h4-7H,3,8H2,1-2H3. The van der Waals surface area contributed by atoms with Gasteiger partial charge in [-0.2, -0.15) is 0 Å². The summed E-state index contributed by atoms with van der Waals surface area (Å²) >= 11 is 1.57. The maximum atomic E-state index is 11.2. The highest BCUT2D eigenvalue weighted by atomic mass is 32.1. The summed E-state index contributed by atoms with van der Waals surface area (Å²) < 4.78 is 7.99. The molecular formula is C12H14N2O2S. The summed E-state index contributed by atoms with van der Waals surface area (Å²) in [6.45, 7) is 2.26. The van der Waals surface area contributed by atoms with Crippen molar-refractivity contribution in [2.45, 2.75) is 6.92 Å². The number of hydrogen-bond donors (Lipinski definition) is 0. The summed E-state index contributed by atoms with van der Waals surface area (Å²) in [7, 11) is 1.95. The topological polar surface area (TPSA) is 43.6 Å². The summed E-state index contributed by atoms with van der Waals surface area (Å²) in [5.41, 5.74) is 1.13. The van der Waals surface area contributed by atoms with E-state index in [0.29, 0.717) is 6.61 Å². The molecule has 0 amide bonds. The van der Waals surface area contributed by atoms with Crippen molar-refractivity contribution in [2.24, 2.45) is 12.0 Å². The second-order valence-electron chi connectivity index (χ2n) is 3.53. The molecule has 0 radical (unpaired) electrons. The van der Waals surface area contributed by atoms with E-state index in [1.807, 2.05) is 35.9 Å². The van der Waals surface area contributed by atoms with Crippen molar-refractivity contribution in [2.75, 3.05) is 13.2 Å². The molecule has 90 valence electrons. The maximum Gasteiger partial charge on any atom is 0.327 e. The van der Waals surface area contributed by atoms with Crippen LogP contribution in [0.15, 0.2) is 29.3 Å². The third kappa shape index (κ3) is 2.55. The number of carbonyl (C=O) groups is 1. The van der Waals surface area contributed by atoms with Crippen molar-refractivity contribution in [3.63, 3.8) is 0 Å². The zero-order valence-electron chi connectivity index (χ0n) is 9.84. The van der Waals surface area contributed by atoms with Crippen LogP contribution in [-0.2, 0) is 16.6 Å². The van der Waals surface area contributed by atoms with E-state index in [2.05, 4.69) is 4.99 Å². The Balaban J connectivity index is 2.32. The zero-order chi connectivity index (χ0) is 12.3. The van der Waals surface area contributed by atoms with E-state index in [0.717, 1.165) is 15.0 Å². The van der Waals surface area contributed by atoms with Crippen molar-refractivity contribution in [1.29, 1.82) is 0 Å². The first kappa shape index (κ1) is 11.9. The molecule has 0 aliphatic heterocycles. The smallest absolute Gasteiger partial charge is 0.327 e. The van der Waals surface area contributed by atoms with Crippen LogP contribution < -0.4 is 4.80 Å². The van der Waals surface area contributed by atoms with Crippen LogP contribution in [0.5, 0.6) is 0 Å². The van der Waals surface area contributed by atoms with Crippen LogP contribution in [-0.4, -0.2) is 23.7 Å². The Hall–Kier alpha value is -1.62. The van der Waals surface area contributed by atoms with Gasteiger partial charge in [0.25, 0.3) is 0 Å². The Morgan fingerprint density at radius 2 is 2.24 bits per heavy atom. The van der Waals surface area contributed by atoms with E-state index in [1.54, 1.807) is 18.3 Å². The number of para-hydroxylation sites is 1. The van der Waals surface area contributed by atoms with Gasteiger partial charge in [0.1, 0.15) is 6.54 Å². The second kappa shape index (κ2) is 5.14. The second-order valence-corrected chi connectivity index (χ2v) is 4.54. The average molecular weight is 250 g/mol. The SMILES string of the molecule is CCOC(=O)CN=c1sc2ccccc2n1C. The molecule has 2 aromatic rings. The molecule has 0 aliphatic rings. The first-order chi connectivity index (χ1) is 8.22. The molecule has 0 saturated carbocycles. The minimum absolute atomic E-state index is 0.0779. The van der Waals surface area contributed by atoms with Crippen molar-refractivity contribution < 1.29 is 9.53 Å². The fraction of sp³-hybridized carbons (Fsp3) is 0.333. The normalized spacial score (nSPS) is 12.0. The largest absolute Gasteiger partial charge is 0.465 e. The van der Waals surface area contributed by atoms with Crippen molar-refractivity contribution in [3.05, 3.63) is 29.1 Å². The molecule has 1 heterocycles. The summed E-state index contributed by atoms with van der Waals surface area (Å²) in [4.78, 5) is 16.3. The van der Waals surface area contributed by atoms with Gasteiger partial charge in [0.15, 0.2) is 4.80 Å². The summed E-state index contributed by atoms with van der Waals surface area (Å²) in [5, 5.41) is 0. The number of fused-ring (bicyclic) bond motifs is 1. The Labute approximate surface area is 103 Å². The summed E-state index contributed by atoms with van der Waals surface area (Å²) in [5.74, 6) is -0.287. The number of hydrogen-bond acceptors (Lipinski definition) is 4. The minimum Gasteiger partial charge on any atom is -0.465 e. The lowest BCUT2D eigenvalue weighted by Gasteiger charge is -1.97. The predicted octanol–water partition coefficient (Wildman–Crippen LogP) is 1.70. The minimum atomic E-state index is -0.287. The van der Waals surface area contributed by atoms with Crippen molar-refractivity contribution >= 4 is 27.5 Å². The highest BCUT2D eigenvalue weighted by Crippen LogP contribution is 2.14. The van der Waals surface area contributed by atoms with Crippen molar-refractivity contribution in [3.8, 4) is 0 Å². The highest BCUT2D eigenvalue weighted by molar-refractivity contribution is 7.16. The third-order valence-corrected chi connectivity index (χ3v) is 3.51. The molecule has 0 atom stereocenters. The van der Waals surface area contributed by atoms with Gasteiger partial charge in [-0.15, -0.1) is 0 Å². The fourth-order valence-corrected chi connectivity index (χ4v) is 2.58. The lowest BCUT2D eigenvalue weighted by Crippen LogP contribution is -2.15. The van der Waals surface area contributed by atoms with E-state index in [4.69, 9.17) is 4.74 Å². The molecule has 1 aromatic heterocycles. The monoisotopic (exact) mass is 250 g/mol. The molecule has 17 heavy (non-hydrogen) atoms. The van der Waals surface area contributed by atoms with Gasteiger partial charge in [-0.05, 0) is 19.1 Å². The Morgan fingerprint density at radius 3 is 2.94 bits per heavy atom. The summed E-state index contributed by atoms with van der Waals surface area (Å²) in [6, 6.07) is 8.07. The lowest BCUT2D eigenvalue weighted by atomic mass is 10.3. The molecular weight excluding hydrogens is 236 g/mol. The number of aromatic nitrogens is 1. The van der Waals surface area contributed by atoms with Crippen LogP contribution in [0.1, 0.15) is 6.92 Å². The van der Waals surface area contributed by atoms with Crippen LogP contribution >= 0.6 is 11.3 Å². The van der Waals surface area contributed by atoms with Crippen LogP contribution in [0.3, 0.4) is 0 Å². The Morgan fingerprint density at radius 1 is 1.47 bits per heavy atom. The highest BCUT2D eigenvalue weighted by Gasteiger charge is 2.03. The third-order valence-electron chi connectivity index (χ3n) is 2.36. The number of esters is 1. The summed E-state index contributed by atoms with van der Waals surface area (Å²) in [6.07, 6.45) is 0. The van der Waals surface area contributed by atoms with Crippen LogP contribution in [0.25, 0.3) is 10.2 Å². The molecule has 0 bridgehead atoms. The maximum absolute atomic E-state index is 11.2. The molecule has 0 aliphatic carbocycles. The molecule has 2 rings (SSSR count). The Bertz CT molecular complexity index is 598. The average Bonchev–Trinajstić information content (AvgIpc) is 2.65. The first-order valence-corrected chi connectivity index (χ1v) is 6.24. The van der Waals surface area contributed by atoms with E-state index in [-0.39, 0.29) is 12.5 Å². The van der Waals surface area contributed by atoms with Crippen LogP contribution in [0.4, 0.5) is 0 Å². The molecule has 1 aromatic carbocycles. The van der Waals surface area contributed by atoms with Crippen molar-refractivity contribution in [1.82, 2.24) is 4.57 Å². The fourth-order valence-electron chi connectivity index (χ4n) is 1.57. The molecule has 0 unspecified atom stereocenters. The molecule has 5 heteroatoms. The van der Waals surface area contributed by atoms with Gasteiger partial charge < -0.3 is 9.30 Å². The Kier molecular flexibility index (Phi) is 3.58. The lowest BCUT2D eigenvalue weighted by molar-refractivity contribution is -0.141. The molecule has 4 nitrogen and oxygen atoms in total. The number of thiazole rings is 1. The number of rotatable bonds is 3. The molecule has 0 N–H and O–H groups in total. The van der Waals surface area contributed by atoms with E-state index >= 15 is 0 Å². The van der Waals surface area contributed by atoms with Gasteiger partial charge >= 0.3 is 5.97 Å². The quantitative estimate of drug-likeness (QED) is 0.778. The van der Waals surface area contributed by atoms with E-state index in [9.17, 15) is 4.79 Å². The van der Waals surface area contributed by atoms with Gasteiger partial charge in [0.05, 0.1) is 16.8 Å². The van der Waals surface area contributed by atoms with E-state index < -0.39 is 0 Å². The van der Waals surface area contributed by atoms with Gasteiger partial charge in [-0.25, -0.2) is 4.99 Å². The number of ether oxygens (including phenoxy) is 1. The molecule has 0 fully saturated rings. The van der Waals surface area contributed by atoms with Gasteiger partial charge in [-0.3, -0.25) is 4.79 Å². The number of aryl methyl sites for hydroxylation is 1. The predicted molar refractivity (Wildman–Crippen MR) is 67.9 cm³/mol. The van der Waals surface area contributed by atoms with Gasteiger partial charge in [-0.1, -0.05) is 23.5 Å².